The molecule has 2 aromatic carbocycles. The van der Waals surface area contributed by atoms with E-state index in [-0.39, 0.29) is 29.9 Å². The molecule has 1 amide bonds. The van der Waals surface area contributed by atoms with E-state index >= 15 is 0 Å². The van der Waals surface area contributed by atoms with E-state index in [9.17, 15) is 23.5 Å². The fraction of sp³-hybridized carbons (Fsp3) is 0.192. The third kappa shape index (κ3) is 6.19. The van der Waals surface area contributed by atoms with Gasteiger partial charge in [0, 0.05) is 35.7 Å². The third-order valence-corrected chi connectivity index (χ3v) is 5.58. The van der Waals surface area contributed by atoms with Crippen molar-refractivity contribution in [1.29, 1.82) is 0 Å². The number of aromatic nitrogens is 4. The number of carbonyl (C=O) groups excluding carboxylic acids is 2. The number of rotatable bonds is 9. The molecule has 1 atom stereocenters. The first-order chi connectivity index (χ1) is 17.8. The van der Waals surface area contributed by atoms with Crippen LogP contribution in [-0.2, 0) is 21.7 Å². The number of amides is 1. The molecule has 0 saturated carbocycles. The lowest BCUT2D eigenvalue weighted by Crippen LogP contribution is -2.44. The number of nitrogens with one attached hydrogen (secondary N) is 1. The van der Waals surface area contributed by atoms with Gasteiger partial charge in [-0.2, -0.15) is 5.10 Å². The van der Waals surface area contributed by atoms with Crippen LogP contribution >= 0.6 is 0 Å². The number of benzene rings is 2. The maximum atomic E-state index is 14.5. The Morgan fingerprint density at radius 2 is 2.03 bits per heavy atom. The summed E-state index contributed by atoms with van der Waals surface area (Å²) < 4.78 is 34.6. The zero-order valence-corrected chi connectivity index (χ0v) is 19.8. The van der Waals surface area contributed by atoms with Gasteiger partial charge in [0.1, 0.15) is 35.6 Å². The fourth-order valence-electron chi connectivity index (χ4n) is 3.70. The number of allylic oxidation sites excluding steroid dienone is 1. The maximum Gasteiger partial charge on any atom is 0.343 e. The normalized spacial score (nSPS) is 13.2. The smallest absolute Gasteiger partial charge is 0.343 e. The highest BCUT2D eigenvalue weighted by molar-refractivity contribution is 5.95. The van der Waals surface area contributed by atoms with E-state index in [0.717, 1.165) is 29.1 Å². The largest absolute Gasteiger partial charge is 0.427 e. The van der Waals surface area contributed by atoms with Gasteiger partial charge in [0.05, 0.1) is 24.2 Å². The molecule has 2 heterocycles. The van der Waals surface area contributed by atoms with Crippen molar-refractivity contribution >= 4 is 22.8 Å². The number of esters is 1. The second-order valence-corrected chi connectivity index (χ2v) is 8.23. The summed E-state index contributed by atoms with van der Waals surface area (Å²) in [5.74, 6) is -3.05. The SMILES string of the molecule is CCC(=CC(=O)NCC(O)(Cn1cncn1)c1ccc(F)cc1F)OC(=O)c1ccc2ncccc2c1. The molecule has 11 heteroatoms. The number of pyridine rings is 1. The summed E-state index contributed by atoms with van der Waals surface area (Å²) in [6.07, 6.45) is 5.50. The highest BCUT2D eigenvalue weighted by Gasteiger charge is 2.34. The molecule has 190 valence electrons. The first kappa shape index (κ1) is 25.6. The lowest BCUT2D eigenvalue weighted by atomic mass is 9.92. The summed E-state index contributed by atoms with van der Waals surface area (Å²) in [4.78, 5) is 33.3. The predicted octanol–water partition coefficient (Wildman–Crippen LogP) is 3.26. The second kappa shape index (κ2) is 11.0. The third-order valence-electron chi connectivity index (χ3n) is 5.58. The number of nitrogens with zero attached hydrogens (tertiary/aromatic N) is 4. The summed E-state index contributed by atoms with van der Waals surface area (Å²) in [6.45, 7) is 0.977. The minimum Gasteiger partial charge on any atom is -0.427 e. The van der Waals surface area contributed by atoms with Crippen LogP contribution in [0.2, 0.25) is 0 Å². The van der Waals surface area contributed by atoms with Crippen LogP contribution in [0.3, 0.4) is 0 Å². The van der Waals surface area contributed by atoms with E-state index in [4.69, 9.17) is 4.74 Å². The number of fused-ring (bicyclic) bond motifs is 1. The van der Waals surface area contributed by atoms with Gasteiger partial charge in [-0.25, -0.2) is 23.2 Å². The molecule has 1 unspecified atom stereocenters. The Morgan fingerprint density at radius 1 is 1.19 bits per heavy atom. The van der Waals surface area contributed by atoms with Crippen LogP contribution in [-0.4, -0.2) is 43.3 Å². The first-order valence-electron chi connectivity index (χ1n) is 11.3. The molecule has 0 fully saturated rings. The molecule has 2 aromatic heterocycles. The molecule has 4 aromatic rings. The highest BCUT2D eigenvalue weighted by Crippen LogP contribution is 2.26. The number of hydrogen-bond acceptors (Lipinski definition) is 7. The molecule has 0 aliphatic carbocycles. The van der Waals surface area contributed by atoms with Gasteiger partial charge in [-0.1, -0.05) is 19.1 Å². The number of aliphatic hydroxyl groups is 1. The molecule has 0 saturated heterocycles. The van der Waals surface area contributed by atoms with Gasteiger partial charge in [-0.15, -0.1) is 0 Å². The zero-order chi connectivity index (χ0) is 26.4. The minimum absolute atomic E-state index is 0.0848. The lowest BCUT2D eigenvalue weighted by molar-refractivity contribution is -0.118. The number of ether oxygens (including phenoxy) is 1. The van der Waals surface area contributed by atoms with Crippen molar-refractivity contribution in [2.45, 2.75) is 25.5 Å². The van der Waals surface area contributed by atoms with Gasteiger partial charge < -0.3 is 15.2 Å². The summed E-state index contributed by atoms with van der Waals surface area (Å²) in [5, 5.41) is 18.4. The molecule has 37 heavy (non-hydrogen) atoms. The van der Waals surface area contributed by atoms with E-state index in [0.29, 0.717) is 6.07 Å². The average molecular weight is 507 g/mol. The van der Waals surface area contributed by atoms with Crippen molar-refractivity contribution in [1.82, 2.24) is 25.1 Å². The van der Waals surface area contributed by atoms with Crippen LogP contribution in [0.4, 0.5) is 8.78 Å². The van der Waals surface area contributed by atoms with E-state index in [1.165, 1.54) is 17.3 Å². The number of carbonyl (C=O) groups is 2. The topological polar surface area (TPSA) is 119 Å². The highest BCUT2D eigenvalue weighted by atomic mass is 19.1. The molecule has 2 N–H and O–H groups in total. The summed E-state index contributed by atoms with van der Waals surface area (Å²) in [7, 11) is 0. The van der Waals surface area contributed by atoms with Crippen LogP contribution in [0.1, 0.15) is 29.3 Å². The molecule has 9 nitrogen and oxygen atoms in total. The van der Waals surface area contributed by atoms with Gasteiger partial charge in [0.2, 0.25) is 5.91 Å². The molecule has 0 aliphatic rings. The van der Waals surface area contributed by atoms with E-state index in [2.05, 4.69) is 20.4 Å². The quantitative estimate of drug-likeness (QED) is 0.203. The van der Waals surface area contributed by atoms with E-state index in [1.807, 2.05) is 6.07 Å². The lowest BCUT2D eigenvalue weighted by Gasteiger charge is -2.29. The Balaban J connectivity index is 1.48. The van der Waals surface area contributed by atoms with Crippen molar-refractivity contribution in [2.75, 3.05) is 6.54 Å². The molecule has 0 spiro atoms. The Kier molecular flexibility index (Phi) is 7.63. The van der Waals surface area contributed by atoms with Crippen LogP contribution in [0.25, 0.3) is 10.9 Å². The van der Waals surface area contributed by atoms with Crippen molar-refractivity contribution in [3.63, 3.8) is 0 Å². The van der Waals surface area contributed by atoms with E-state index in [1.54, 1.807) is 37.4 Å². The number of halogens is 2. The van der Waals surface area contributed by atoms with Crippen LogP contribution in [0.5, 0.6) is 0 Å². The van der Waals surface area contributed by atoms with Crippen molar-refractivity contribution in [2.24, 2.45) is 0 Å². The molecule has 0 bridgehead atoms. The van der Waals surface area contributed by atoms with Crippen LogP contribution in [0, 0.1) is 11.6 Å². The standard InChI is InChI=1S/C26H23F2N5O4/c1-2-20(37-25(35)18-5-8-23-17(10-18)4-3-9-30-23)12-24(34)31-13-26(36,14-33-16-29-15-32-33)21-7-6-19(27)11-22(21)28/h3-12,15-16,36H,2,13-14H2,1H3,(H,31,34). The Morgan fingerprint density at radius 3 is 2.76 bits per heavy atom. The van der Waals surface area contributed by atoms with Gasteiger partial charge in [0.25, 0.3) is 0 Å². The maximum absolute atomic E-state index is 14.5. The fourth-order valence-corrected chi connectivity index (χ4v) is 3.70. The molecule has 4 rings (SSSR count). The van der Waals surface area contributed by atoms with Gasteiger partial charge in [0.15, 0.2) is 0 Å². The summed E-state index contributed by atoms with van der Waals surface area (Å²) in [5.41, 5.74) is -1.21. The van der Waals surface area contributed by atoms with Crippen molar-refractivity contribution < 1.29 is 28.2 Å². The summed E-state index contributed by atoms with van der Waals surface area (Å²) in [6, 6.07) is 11.2. The molecular formula is C26H23F2N5O4. The van der Waals surface area contributed by atoms with Crippen LogP contribution in [0.15, 0.2) is 79.2 Å². The first-order valence-corrected chi connectivity index (χ1v) is 11.3. The van der Waals surface area contributed by atoms with Crippen molar-refractivity contribution in [3.05, 3.63) is 102 Å². The Bertz CT molecular complexity index is 1460. The molecular weight excluding hydrogens is 484 g/mol. The van der Waals surface area contributed by atoms with Crippen molar-refractivity contribution in [3.8, 4) is 0 Å². The van der Waals surface area contributed by atoms with Crippen LogP contribution < -0.4 is 5.32 Å². The zero-order valence-electron chi connectivity index (χ0n) is 19.8. The number of hydrogen-bond donors (Lipinski definition) is 2. The van der Waals surface area contributed by atoms with E-state index < -0.39 is 35.7 Å². The summed E-state index contributed by atoms with van der Waals surface area (Å²) >= 11 is 0. The average Bonchev–Trinajstić information content (AvgIpc) is 3.39. The Hall–Kier alpha value is -4.51. The molecule has 0 aliphatic heterocycles. The predicted molar refractivity (Wildman–Crippen MR) is 129 cm³/mol. The van der Waals surface area contributed by atoms with Gasteiger partial charge >= 0.3 is 5.97 Å². The molecule has 0 radical (unpaired) electrons. The minimum atomic E-state index is -1.99. The van der Waals surface area contributed by atoms with Gasteiger partial charge in [-0.3, -0.25) is 9.78 Å². The van der Waals surface area contributed by atoms with Gasteiger partial charge in [-0.05, 0) is 30.3 Å². The second-order valence-electron chi connectivity index (χ2n) is 8.23. The Labute approximate surface area is 210 Å². The monoisotopic (exact) mass is 507 g/mol.